The van der Waals surface area contributed by atoms with Crippen LogP contribution in [0.4, 0.5) is 10.2 Å². The Hall–Kier alpha value is -2.56. The summed E-state index contributed by atoms with van der Waals surface area (Å²) in [4.78, 5) is 12.6. The highest BCUT2D eigenvalue weighted by Crippen LogP contribution is 2.19. The molecule has 106 valence electrons. The SMILES string of the molecule is Cc1ccc(CCNc2ncnc3ccc(F)cc23)cn1. The lowest BCUT2D eigenvalue weighted by Crippen LogP contribution is -2.07. The van der Waals surface area contributed by atoms with Crippen LogP contribution in [0.25, 0.3) is 10.9 Å². The monoisotopic (exact) mass is 282 g/mol. The zero-order chi connectivity index (χ0) is 14.7. The number of pyridine rings is 1. The molecule has 2 heterocycles. The molecule has 4 nitrogen and oxygen atoms in total. The van der Waals surface area contributed by atoms with Gasteiger partial charge in [-0.05, 0) is 43.2 Å². The Morgan fingerprint density at radius 3 is 2.81 bits per heavy atom. The van der Waals surface area contributed by atoms with E-state index in [0.717, 1.165) is 23.2 Å². The number of nitrogens with zero attached hydrogens (tertiary/aromatic N) is 3. The van der Waals surface area contributed by atoms with Crippen molar-refractivity contribution in [3.05, 3.63) is 59.9 Å². The van der Waals surface area contributed by atoms with Crippen LogP contribution in [-0.4, -0.2) is 21.5 Å². The van der Waals surface area contributed by atoms with Gasteiger partial charge in [-0.25, -0.2) is 14.4 Å². The van der Waals surface area contributed by atoms with Crippen molar-refractivity contribution in [2.45, 2.75) is 13.3 Å². The van der Waals surface area contributed by atoms with Crippen molar-refractivity contribution < 1.29 is 4.39 Å². The molecule has 1 aromatic carbocycles. The number of hydrogen-bond acceptors (Lipinski definition) is 4. The van der Waals surface area contributed by atoms with Crippen LogP contribution in [-0.2, 0) is 6.42 Å². The van der Waals surface area contributed by atoms with Gasteiger partial charge in [0.1, 0.15) is 18.0 Å². The average molecular weight is 282 g/mol. The third kappa shape index (κ3) is 3.13. The smallest absolute Gasteiger partial charge is 0.137 e. The van der Waals surface area contributed by atoms with Crippen molar-refractivity contribution in [1.82, 2.24) is 15.0 Å². The molecule has 21 heavy (non-hydrogen) atoms. The standard InChI is InChI=1S/C16H15FN4/c1-11-2-3-12(9-19-11)6-7-18-16-14-8-13(17)4-5-15(14)20-10-21-16/h2-5,8-10H,6-7H2,1H3,(H,18,20,21). The van der Waals surface area contributed by atoms with Gasteiger partial charge in [0.2, 0.25) is 0 Å². The maximum atomic E-state index is 13.3. The molecule has 3 rings (SSSR count). The summed E-state index contributed by atoms with van der Waals surface area (Å²) in [5.41, 5.74) is 2.88. The first-order valence-electron chi connectivity index (χ1n) is 6.78. The van der Waals surface area contributed by atoms with Crippen molar-refractivity contribution in [3.63, 3.8) is 0 Å². The van der Waals surface area contributed by atoms with Gasteiger partial charge in [-0.1, -0.05) is 6.07 Å². The van der Waals surface area contributed by atoms with E-state index in [1.54, 1.807) is 6.07 Å². The zero-order valence-electron chi connectivity index (χ0n) is 11.7. The maximum absolute atomic E-state index is 13.3. The maximum Gasteiger partial charge on any atom is 0.137 e. The predicted octanol–water partition coefficient (Wildman–Crippen LogP) is 3.13. The molecule has 1 N–H and O–H groups in total. The number of halogens is 1. The summed E-state index contributed by atoms with van der Waals surface area (Å²) in [5, 5.41) is 3.93. The molecule has 0 atom stereocenters. The van der Waals surface area contributed by atoms with Gasteiger partial charge in [-0.2, -0.15) is 0 Å². The highest BCUT2D eigenvalue weighted by atomic mass is 19.1. The van der Waals surface area contributed by atoms with Crippen LogP contribution in [0.1, 0.15) is 11.3 Å². The molecule has 0 aliphatic rings. The van der Waals surface area contributed by atoms with Crippen LogP contribution in [0.5, 0.6) is 0 Å². The molecule has 5 heteroatoms. The van der Waals surface area contributed by atoms with E-state index in [0.29, 0.717) is 17.7 Å². The summed E-state index contributed by atoms with van der Waals surface area (Å²) in [6.07, 6.45) is 4.18. The Labute approximate surface area is 122 Å². The molecule has 0 unspecified atom stereocenters. The van der Waals surface area contributed by atoms with Gasteiger partial charge >= 0.3 is 0 Å². The van der Waals surface area contributed by atoms with E-state index in [1.165, 1.54) is 18.5 Å². The molecule has 0 bridgehead atoms. The molecular formula is C16H15FN4. The fraction of sp³-hybridized carbons (Fsp3) is 0.188. The second-order valence-corrected chi connectivity index (χ2v) is 4.87. The molecule has 0 saturated carbocycles. The number of anilines is 1. The lowest BCUT2D eigenvalue weighted by Gasteiger charge is -2.08. The minimum absolute atomic E-state index is 0.289. The molecule has 0 aliphatic heterocycles. The van der Waals surface area contributed by atoms with E-state index in [-0.39, 0.29) is 5.82 Å². The van der Waals surface area contributed by atoms with Gasteiger partial charge < -0.3 is 5.32 Å². The first-order chi connectivity index (χ1) is 10.2. The van der Waals surface area contributed by atoms with Crippen molar-refractivity contribution in [2.75, 3.05) is 11.9 Å². The molecule has 0 spiro atoms. The Kier molecular flexibility index (Phi) is 3.73. The number of nitrogens with one attached hydrogen (secondary N) is 1. The van der Waals surface area contributed by atoms with Gasteiger partial charge in [0, 0.05) is 23.8 Å². The normalized spacial score (nSPS) is 10.8. The molecule has 0 aliphatic carbocycles. The van der Waals surface area contributed by atoms with Crippen LogP contribution >= 0.6 is 0 Å². The number of benzene rings is 1. The molecule has 0 saturated heterocycles. The molecule has 0 radical (unpaired) electrons. The van der Waals surface area contributed by atoms with Crippen LogP contribution in [0.3, 0.4) is 0 Å². The molecule has 0 amide bonds. The van der Waals surface area contributed by atoms with Crippen molar-refractivity contribution in [1.29, 1.82) is 0 Å². The topological polar surface area (TPSA) is 50.7 Å². The third-order valence-electron chi connectivity index (χ3n) is 3.28. The van der Waals surface area contributed by atoms with Crippen molar-refractivity contribution in [2.24, 2.45) is 0 Å². The Bertz CT molecular complexity index is 756. The third-order valence-corrected chi connectivity index (χ3v) is 3.28. The first kappa shape index (κ1) is 13.4. The van der Waals surface area contributed by atoms with Crippen molar-refractivity contribution >= 4 is 16.7 Å². The summed E-state index contributed by atoms with van der Waals surface area (Å²) in [6.45, 7) is 2.66. The second kappa shape index (κ2) is 5.83. The number of fused-ring (bicyclic) bond motifs is 1. The Balaban J connectivity index is 1.73. The average Bonchev–Trinajstić information content (AvgIpc) is 2.50. The highest BCUT2D eigenvalue weighted by Gasteiger charge is 2.04. The summed E-state index contributed by atoms with van der Waals surface area (Å²) in [6, 6.07) is 8.55. The van der Waals surface area contributed by atoms with Crippen LogP contribution in [0.15, 0.2) is 42.9 Å². The number of aromatic nitrogens is 3. The largest absolute Gasteiger partial charge is 0.369 e. The minimum Gasteiger partial charge on any atom is -0.369 e. The first-order valence-corrected chi connectivity index (χ1v) is 6.78. The fourth-order valence-electron chi connectivity index (χ4n) is 2.14. The quantitative estimate of drug-likeness (QED) is 0.798. The number of aryl methyl sites for hydroxylation is 1. The van der Waals surface area contributed by atoms with E-state index in [4.69, 9.17) is 0 Å². The molecular weight excluding hydrogens is 267 g/mol. The Morgan fingerprint density at radius 2 is 2.00 bits per heavy atom. The lowest BCUT2D eigenvalue weighted by molar-refractivity contribution is 0.629. The molecule has 0 fully saturated rings. The second-order valence-electron chi connectivity index (χ2n) is 4.87. The van der Waals surface area contributed by atoms with Gasteiger partial charge in [-0.15, -0.1) is 0 Å². The van der Waals surface area contributed by atoms with E-state index < -0.39 is 0 Å². The summed E-state index contributed by atoms with van der Waals surface area (Å²) < 4.78 is 13.3. The fourth-order valence-corrected chi connectivity index (χ4v) is 2.14. The van der Waals surface area contributed by atoms with Crippen LogP contribution < -0.4 is 5.32 Å². The summed E-state index contributed by atoms with van der Waals surface area (Å²) >= 11 is 0. The van der Waals surface area contributed by atoms with Gasteiger partial charge in [0.25, 0.3) is 0 Å². The summed E-state index contributed by atoms with van der Waals surface area (Å²) in [5.74, 6) is 0.364. The van der Waals surface area contributed by atoms with Gasteiger partial charge in [0.15, 0.2) is 0 Å². The molecule has 2 aromatic heterocycles. The lowest BCUT2D eigenvalue weighted by atomic mass is 10.2. The van der Waals surface area contributed by atoms with Crippen LogP contribution in [0.2, 0.25) is 0 Å². The van der Waals surface area contributed by atoms with Crippen molar-refractivity contribution in [3.8, 4) is 0 Å². The number of rotatable bonds is 4. The van der Waals surface area contributed by atoms with Gasteiger partial charge in [-0.3, -0.25) is 4.98 Å². The van der Waals surface area contributed by atoms with Crippen LogP contribution in [0, 0.1) is 12.7 Å². The number of hydrogen-bond donors (Lipinski definition) is 1. The van der Waals surface area contributed by atoms with E-state index >= 15 is 0 Å². The van der Waals surface area contributed by atoms with E-state index in [9.17, 15) is 4.39 Å². The van der Waals surface area contributed by atoms with Gasteiger partial charge in [0.05, 0.1) is 5.52 Å². The highest BCUT2D eigenvalue weighted by molar-refractivity contribution is 5.88. The van der Waals surface area contributed by atoms with E-state index in [1.807, 2.05) is 19.2 Å². The zero-order valence-corrected chi connectivity index (χ0v) is 11.7. The molecule has 3 aromatic rings. The van der Waals surface area contributed by atoms with E-state index in [2.05, 4.69) is 26.3 Å². The predicted molar refractivity (Wildman–Crippen MR) is 80.7 cm³/mol. The summed E-state index contributed by atoms with van der Waals surface area (Å²) in [7, 11) is 0. The minimum atomic E-state index is -0.289. The Morgan fingerprint density at radius 1 is 1.10 bits per heavy atom.